The number of benzene rings is 3. The van der Waals surface area contributed by atoms with Gasteiger partial charge in [-0.25, -0.2) is 4.98 Å². The van der Waals surface area contributed by atoms with Crippen molar-refractivity contribution >= 4 is 28.4 Å². The number of carbonyl (C=O) groups excluding carboxylic acids is 1. The summed E-state index contributed by atoms with van der Waals surface area (Å²) in [5.74, 6) is 0.380. The van der Waals surface area contributed by atoms with Gasteiger partial charge in [-0.3, -0.25) is 14.9 Å². The van der Waals surface area contributed by atoms with Crippen LogP contribution in [0.4, 0.5) is 11.4 Å². The molecule has 5 aromatic rings. The third-order valence-corrected chi connectivity index (χ3v) is 5.08. The van der Waals surface area contributed by atoms with E-state index >= 15 is 0 Å². The highest BCUT2D eigenvalue weighted by Gasteiger charge is 2.19. The molecule has 0 aliphatic rings. The summed E-state index contributed by atoms with van der Waals surface area (Å²) in [5, 5.41) is 14.0. The summed E-state index contributed by atoms with van der Waals surface area (Å²) in [6, 6.07) is 24.3. The summed E-state index contributed by atoms with van der Waals surface area (Å²) < 4.78 is 11.4. The molecule has 0 fully saturated rings. The average molecular weight is 439 g/mol. The van der Waals surface area contributed by atoms with Crippen molar-refractivity contribution in [2.45, 2.75) is 6.42 Å². The summed E-state index contributed by atoms with van der Waals surface area (Å²) in [4.78, 5) is 28.0. The molecule has 33 heavy (non-hydrogen) atoms. The number of hydrogen-bond donors (Lipinski definition) is 1. The van der Waals surface area contributed by atoms with Crippen molar-refractivity contribution in [3.63, 3.8) is 0 Å². The molecule has 0 bridgehead atoms. The van der Waals surface area contributed by atoms with Gasteiger partial charge in [-0.2, -0.15) is 0 Å². The molecular weight excluding hydrogens is 422 g/mol. The number of hydrogen-bond acceptors (Lipinski definition) is 6. The van der Waals surface area contributed by atoms with E-state index in [-0.39, 0.29) is 17.2 Å². The van der Waals surface area contributed by atoms with E-state index in [0.717, 1.165) is 5.56 Å². The molecule has 0 saturated carbocycles. The highest BCUT2D eigenvalue weighted by molar-refractivity contribution is 6.03. The SMILES string of the molecule is O=C(Nc1ccc2oc(Cc3ccccc3)nc2c1)c1ccc(-c2ccccc2[N+](=O)[O-])o1. The zero-order chi connectivity index (χ0) is 22.8. The highest BCUT2D eigenvalue weighted by atomic mass is 16.6. The Labute approximate surface area is 187 Å². The van der Waals surface area contributed by atoms with Gasteiger partial charge < -0.3 is 14.2 Å². The van der Waals surface area contributed by atoms with Crippen LogP contribution in [-0.2, 0) is 6.42 Å². The van der Waals surface area contributed by atoms with Crippen LogP contribution in [0.5, 0.6) is 0 Å². The molecular formula is C25H17N3O5. The fourth-order valence-electron chi connectivity index (χ4n) is 3.54. The van der Waals surface area contributed by atoms with E-state index in [1.165, 1.54) is 18.2 Å². The van der Waals surface area contributed by atoms with Crippen LogP contribution in [0.1, 0.15) is 22.0 Å². The van der Waals surface area contributed by atoms with Gasteiger partial charge >= 0.3 is 0 Å². The first-order valence-electron chi connectivity index (χ1n) is 10.2. The minimum atomic E-state index is -0.489. The van der Waals surface area contributed by atoms with Crippen molar-refractivity contribution < 1.29 is 18.6 Å². The predicted molar refractivity (Wildman–Crippen MR) is 122 cm³/mol. The second kappa shape index (κ2) is 8.43. The number of nitro groups is 1. The highest BCUT2D eigenvalue weighted by Crippen LogP contribution is 2.31. The largest absolute Gasteiger partial charge is 0.451 e. The van der Waals surface area contributed by atoms with Crippen LogP contribution >= 0.6 is 0 Å². The number of anilines is 1. The molecule has 5 rings (SSSR count). The van der Waals surface area contributed by atoms with Crippen molar-refractivity contribution in [1.82, 2.24) is 4.98 Å². The molecule has 0 unspecified atom stereocenters. The predicted octanol–water partition coefficient (Wildman–Crippen LogP) is 5.84. The van der Waals surface area contributed by atoms with Gasteiger partial charge in [-0.05, 0) is 42.0 Å². The number of fused-ring (bicyclic) bond motifs is 1. The van der Waals surface area contributed by atoms with Crippen molar-refractivity contribution in [2.75, 3.05) is 5.32 Å². The Morgan fingerprint density at radius 3 is 2.55 bits per heavy atom. The molecule has 162 valence electrons. The number of amides is 1. The topological polar surface area (TPSA) is 111 Å². The minimum absolute atomic E-state index is 0.0353. The number of furan rings is 1. The molecule has 0 atom stereocenters. The Morgan fingerprint density at radius 2 is 1.73 bits per heavy atom. The van der Waals surface area contributed by atoms with Crippen molar-refractivity contribution in [1.29, 1.82) is 0 Å². The molecule has 0 aliphatic heterocycles. The van der Waals surface area contributed by atoms with Crippen molar-refractivity contribution in [2.24, 2.45) is 0 Å². The van der Waals surface area contributed by atoms with Gasteiger partial charge in [0.1, 0.15) is 11.3 Å². The Morgan fingerprint density at radius 1 is 0.939 bits per heavy atom. The summed E-state index contributed by atoms with van der Waals surface area (Å²) >= 11 is 0. The first kappa shape index (κ1) is 20.2. The zero-order valence-electron chi connectivity index (χ0n) is 17.2. The van der Waals surface area contributed by atoms with Crippen LogP contribution in [-0.4, -0.2) is 15.8 Å². The van der Waals surface area contributed by atoms with Gasteiger partial charge in [0, 0.05) is 18.2 Å². The molecule has 0 spiro atoms. The summed E-state index contributed by atoms with van der Waals surface area (Å²) in [5.41, 5.74) is 3.06. The third kappa shape index (κ3) is 4.22. The number of rotatable bonds is 6. The fourth-order valence-corrected chi connectivity index (χ4v) is 3.54. The number of nitrogens with zero attached hydrogens (tertiary/aromatic N) is 2. The number of para-hydroxylation sites is 1. The number of aromatic nitrogens is 1. The molecule has 2 aromatic heterocycles. The van der Waals surface area contributed by atoms with Crippen LogP contribution in [0.2, 0.25) is 0 Å². The molecule has 3 aromatic carbocycles. The molecule has 1 amide bonds. The van der Waals surface area contributed by atoms with E-state index in [4.69, 9.17) is 8.83 Å². The Balaban J connectivity index is 1.34. The monoisotopic (exact) mass is 439 g/mol. The number of nitro benzene ring substituents is 1. The quantitative estimate of drug-likeness (QED) is 0.263. The van der Waals surface area contributed by atoms with E-state index in [1.807, 2.05) is 30.3 Å². The molecule has 0 saturated heterocycles. The zero-order valence-corrected chi connectivity index (χ0v) is 17.2. The van der Waals surface area contributed by atoms with Crippen LogP contribution in [0, 0.1) is 10.1 Å². The first-order chi connectivity index (χ1) is 16.1. The molecule has 0 aliphatic carbocycles. The van der Waals surface area contributed by atoms with Gasteiger partial charge in [-0.15, -0.1) is 0 Å². The van der Waals surface area contributed by atoms with Gasteiger partial charge in [0.25, 0.3) is 11.6 Å². The van der Waals surface area contributed by atoms with Crippen molar-refractivity contribution in [3.05, 3.63) is 112 Å². The lowest BCUT2D eigenvalue weighted by atomic mass is 10.1. The average Bonchev–Trinajstić information content (AvgIpc) is 3.46. The van der Waals surface area contributed by atoms with Crippen LogP contribution in [0.25, 0.3) is 22.4 Å². The second-order valence-corrected chi connectivity index (χ2v) is 7.34. The second-order valence-electron chi connectivity index (χ2n) is 7.34. The summed E-state index contributed by atoms with van der Waals surface area (Å²) in [6.07, 6.45) is 0.567. The minimum Gasteiger partial charge on any atom is -0.451 e. The maximum Gasteiger partial charge on any atom is 0.291 e. The van der Waals surface area contributed by atoms with Gasteiger partial charge in [0.2, 0.25) is 0 Å². The Bertz CT molecular complexity index is 1470. The van der Waals surface area contributed by atoms with E-state index in [2.05, 4.69) is 10.3 Å². The van der Waals surface area contributed by atoms with Crippen LogP contribution in [0.3, 0.4) is 0 Å². The lowest BCUT2D eigenvalue weighted by molar-refractivity contribution is -0.384. The van der Waals surface area contributed by atoms with Gasteiger partial charge in [-0.1, -0.05) is 42.5 Å². The molecule has 8 nitrogen and oxygen atoms in total. The maximum absolute atomic E-state index is 12.7. The van der Waals surface area contributed by atoms with Crippen LogP contribution in [0.15, 0.2) is 93.8 Å². The summed E-state index contributed by atoms with van der Waals surface area (Å²) in [6.45, 7) is 0. The lowest BCUT2D eigenvalue weighted by Crippen LogP contribution is -2.10. The molecule has 8 heteroatoms. The standard InChI is InChI=1S/C25H17N3O5/c29-25(23-13-12-21(32-23)18-8-4-5-9-20(18)28(30)31)26-17-10-11-22-19(15-17)27-24(33-22)14-16-6-2-1-3-7-16/h1-13,15H,14H2,(H,26,29). The van der Waals surface area contributed by atoms with E-state index in [1.54, 1.807) is 36.4 Å². The molecule has 2 heterocycles. The van der Waals surface area contributed by atoms with Crippen LogP contribution < -0.4 is 5.32 Å². The van der Waals surface area contributed by atoms with Gasteiger partial charge in [0.15, 0.2) is 17.2 Å². The van der Waals surface area contributed by atoms with E-state index in [0.29, 0.717) is 34.7 Å². The van der Waals surface area contributed by atoms with Gasteiger partial charge in [0.05, 0.1) is 10.5 Å². The number of nitrogens with one attached hydrogen (secondary N) is 1. The summed E-state index contributed by atoms with van der Waals surface area (Å²) in [7, 11) is 0. The maximum atomic E-state index is 12.7. The normalized spacial score (nSPS) is 10.9. The number of oxazole rings is 1. The Kier molecular flexibility index (Phi) is 5.16. The smallest absolute Gasteiger partial charge is 0.291 e. The van der Waals surface area contributed by atoms with E-state index in [9.17, 15) is 14.9 Å². The fraction of sp³-hybridized carbons (Fsp3) is 0.0400. The first-order valence-corrected chi connectivity index (χ1v) is 10.2. The molecule has 1 N–H and O–H groups in total. The lowest BCUT2D eigenvalue weighted by Gasteiger charge is -2.03. The Hall–Kier alpha value is -4.72. The third-order valence-electron chi connectivity index (χ3n) is 5.08. The number of carbonyl (C=O) groups is 1. The van der Waals surface area contributed by atoms with Crippen molar-refractivity contribution in [3.8, 4) is 11.3 Å². The molecule has 0 radical (unpaired) electrons. The van der Waals surface area contributed by atoms with E-state index < -0.39 is 10.8 Å².